The van der Waals surface area contributed by atoms with Crippen LogP contribution in [0.5, 0.6) is 5.75 Å². The molecular weight excluding hydrogens is 364 g/mol. The van der Waals surface area contributed by atoms with Crippen molar-refractivity contribution in [2.45, 2.75) is 117 Å². The third-order valence-electron chi connectivity index (χ3n) is 8.11. The quantitative estimate of drug-likeness (QED) is 0.311. The van der Waals surface area contributed by atoms with Crippen LogP contribution in [0.25, 0.3) is 0 Å². The van der Waals surface area contributed by atoms with Crippen LogP contribution in [0.4, 0.5) is 0 Å². The van der Waals surface area contributed by atoms with E-state index in [0.29, 0.717) is 0 Å². The summed E-state index contributed by atoms with van der Waals surface area (Å²) in [5, 5.41) is 0. The average Bonchev–Trinajstić information content (AvgIpc) is 2.78. The van der Waals surface area contributed by atoms with Gasteiger partial charge in [-0.1, -0.05) is 103 Å². The normalized spacial score (nSPS) is 27.1. The average molecular weight is 413 g/mol. The number of aryl methyl sites for hydroxylation is 1. The number of rotatable bonds is 12. The molecule has 2 aliphatic carbocycles. The van der Waals surface area contributed by atoms with Crippen molar-refractivity contribution < 1.29 is 4.74 Å². The Morgan fingerprint density at radius 3 is 1.90 bits per heavy atom. The van der Waals surface area contributed by atoms with E-state index in [1.807, 2.05) is 0 Å². The molecule has 0 heterocycles. The van der Waals surface area contributed by atoms with Gasteiger partial charge in [0.15, 0.2) is 0 Å². The van der Waals surface area contributed by atoms with Gasteiger partial charge in [0.25, 0.3) is 0 Å². The molecular formula is C29H48O. The fourth-order valence-electron chi connectivity index (χ4n) is 5.79. The van der Waals surface area contributed by atoms with Crippen LogP contribution in [-0.4, -0.2) is 6.61 Å². The Bertz CT molecular complexity index is 546. The van der Waals surface area contributed by atoms with Gasteiger partial charge in [0, 0.05) is 0 Å². The lowest BCUT2D eigenvalue weighted by Gasteiger charge is -2.28. The minimum absolute atomic E-state index is 0.882. The van der Waals surface area contributed by atoms with Gasteiger partial charge in [-0.2, -0.15) is 0 Å². The first-order chi connectivity index (χ1) is 14.7. The lowest BCUT2D eigenvalue weighted by molar-refractivity contribution is 0.244. The third kappa shape index (κ3) is 8.64. The number of benzene rings is 1. The van der Waals surface area contributed by atoms with Crippen molar-refractivity contribution in [3.8, 4) is 5.75 Å². The molecule has 0 radical (unpaired) electrons. The zero-order valence-electron chi connectivity index (χ0n) is 20.0. The highest BCUT2D eigenvalue weighted by Crippen LogP contribution is 2.34. The molecule has 2 aliphatic rings. The minimum atomic E-state index is 0.882. The maximum absolute atomic E-state index is 6.02. The summed E-state index contributed by atoms with van der Waals surface area (Å²) in [7, 11) is 0. The largest absolute Gasteiger partial charge is 0.494 e. The number of hydrogen-bond donors (Lipinski definition) is 0. The van der Waals surface area contributed by atoms with Crippen LogP contribution >= 0.6 is 0 Å². The van der Waals surface area contributed by atoms with Gasteiger partial charge in [-0.05, 0) is 67.1 Å². The van der Waals surface area contributed by atoms with Crippen molar-refractivity contribution in [2.75, 3.05) is 6.61 Å². The van der Waals surface area contributed by atoms with Gasteiger partial charge in [-0.25, -0.2) is 0 Å². The molecule has 0 bridgehead atoms. The summed E-state index contributed by atoms with van der Waals surface area (Å²) in [6.07, 6.45) is 22.6. The summed E-state index contributed by atoms with van der Waals surface area (Å²) in [6.45, 7) is 5.60. The second-order valence-corrected chi connectivity index (χ2v) is 10.7. The van der Waals surface area contributed by atoms with E-state index in [0.717, 1.165) is 36.0 Å². The van der Waals surface area contributed by atoms with Crippen LogP contribution in [0.2, 0.25) is 0 Å². The second kappa shape index (κ2) is 13.4. The van der Waals surface area contributed by atoms with E-state index in [4.69, 9.17) is 4.74 Å². The van der Waals surface area contributed by atoms with Crippen molar-refractivity contribution in [1.82, 2.24) is 0 Å². The summed E-state index contributed by atoms with van der Waals surface area (Å²) >= 11 is 0. The molecule has 170 valence electrons. The van der Waals surface area contributed by atoms with E-state index in [1.54, 1.807) is 0 Å². The highest BCUT2D eigenvalue weighted by atomic mass is 16.5. The van der Waals surface area contributed by atoms with Gasteiger partial charge >= 0.3 is 0 Å². The molecule has 0 amide bonds. The topological polar surface area (TPSA) is 9.23 Å². The minimum Gasteiger partial charge on any atom is -0.494 e. The SMILES string of the molecule is CCCCCC1CCC(CCc2ccc(OCCCC3CCC(C)CC3)cc2)CC1. The zero-order valence-corrected chi connectivity index (χ0v) is 20.0. The van der Waals surface area contributed by atoms with E-state index in [9.17, 15) is 0 Å². The van der Waals surface area contributed by atoms with Crippen molar-refractivity contribution in [3.05, 3.63) is 29.8 Å². The van der Waals surface area contributed by atoms with Gasteiger partial charge in [0.2, 0.25) is 0 Å². The van der Waals surface area contributed by atoms with E-state index in [1.165, 1.54) is 108 Å². The van der Waals surface area contributed by atoms with Gasteiger partial charge < -0.3 is 4.74 Å². The van der Waals surface area contributed by atoms with Crippen molar-refractivity contribution in [3.63, 3.8) is 0 Å². The van der Waals surface area contributed by atoms with Crippen molar-refractivity contribution in [2.24, 2.45) is 23.7 Å². The summed E-state index contributed by atoms with van der Waals surface area (Å²) in [5.41, 5.74) is 1.49. The standard InChI is InChI=1S/C29H48O/c1-3-4-5-7-25-13-15-27(16-14-25)17-18-28-19-21-29(22-20-28)30-23-6-8-26-11-9-24(2)10-12-26/h19-22,24-27H,3-18,23H2,1-2H3. The smallest absolute Gasteiger partial charge is 0.119 e. The van der Waals surface area contributed by atoms with Gasteiger partial charge in [0.1, 0.15) is 5.75 Å². The first kappa shape index (κ1) is 23.7. The van der Waals surface area contributed by atoms with Crippen LogP contribution < -0.4 is 4.74 Å². The fourth-order valence-corrected chi connectivity index (χ4v) is 5.79. The summed E-state index contributed by atoms with van der Waals surface area (Å²) in [5.74, 6) is 4.97. The Kier molecular flexibility index (Phi) is 10.6. The predicted octanol–water partition coefficient (Wildman–Crippen LogP) is 8.99. The van der Waals surface area contributed by atoms with Crippen LogP contribution in [-0.2, 0) is 6.42 Å². The molecule has 30 heavy (non-hydrogen) atoms. The molecule has 0 unspecified atom stereocenters. The summed E-state index contributed by atoms with van der Waals surface area (Å²) in [4.78, 5) is 0. The lowest BCUT2D eigenvalue weighted by atomic mass is 9.78. The molecule has 0 atom stereocenters. The second-order valence-electron chi connectivity index (χ2n) is 10.7. The third-order valence-corrected chi connectivity index (χ3v) is 8.11. The summed E-state index contributed by atoms with van der Waals surface area (Å²) in [6, 6.07) is 8.99. The van der Waals surface area contributed by atoms with Crippen LogP contribution in [0.1, 0.15) is 116 Å². The van der Waals surface area contributed by atoms with Gasteiger partial charge in [-0.3, -0.25) is 0 Å². The fraction of sp³-hybridized carbons (Fsp3) is 0.793. The van der Waals surface area contributed by atoms with Crippen molar-refractivity contribution >= 4 is 0 Å². The Balaban J connectivity index is 1.25. The molecule has 0 N–H and O–H groups in total. The van der Waals surface area contributed by atoms with Crippen LogP contribution in [0.15, 0.2) is 24.3 Å². The van der Waals surface area contributed by atoms with E-state index >= 15 is 0 Å². The van der Waals surface area contributed by atoms with Gasteiger partial charge in [-0.15, -0.1) is 0 Å². The maximum atomic E-state index is 6.02. The monoisotopic (exact) mass is 412 g/mol. The maximum Gasteiger partial charge on any atom is 0.119 e. The van der Waals surface area contributed by atoms with E-state index in [-0.39, 0.29) is 0 Å². The molecule has 0 saturated heterocycles. The highest BCUT2D eigenvalue weighted by molar-refractivity contribution is 5.27. The van der Waals surface area contributed by atoms with Crippen LogP contribution in [0, 0.1) is 23.7 Å². The molecule has 0 aromatic heterocycles. The molecule has 3 rings (SSSR count). The zero-order chi connectivity index (χ0) is 21.0. The van der Waals surface area contributed by atoms with E-state index < -0.39 is 0 Å². The Morgan fingerprint density at radius 1 is 0.700 bits per heavy atom. The molecule has 1 aromatic rings. The molecule has 0 spiro atoms. The molecule has 1 aromatic carbocycles. The molecule has 1 nitrogen and oxygen atoms in total. The summed E-state index contributed by atoms with van der Waals surface area (Å²) < 4.78 is 6.02. The van der Waals surface area contributed by atoms with Crippen molar-refractivity contribution in [1.29, 1.82) is 0 Å². The lowest BCUT2D eigenvalue weighted by Crippen LogP contribution is -2.15. The molecule has 0 aliphatic heterocycles. The highest BCUT2D eigenvalue weighted by Gasteiger charge is 2.20. The molecule has 1 heteroatoms. The Morgan fingerprint density at radius 2 is 1.27 bits per heavy atom. The first-order valence-electron chi connectivity index (χ1n) is 13.4. The number of unbranched alkanes of at least 4 members (excludes halogenated alkanes) is 2. The molecule has 2 fully saturated rings. The van der Waals surface area contributed by atoms with Gasteiger partial charge in [0.05, 0.1) is 6.61 Å². The van der Waals surface area contributed by atoms with E-state index in [2.05, 4.69) is 38.1 Å². The molecule has 2 saturated carbocycles. The Hall–Kier alpha value is -0.980. The number of hydrogen-bond acceptors (Lipinski definition) is 1. The predicted molar refractivity (Wildman–Crippen MR) is 130 cm³/mol. The first-order valence-corrected chi connectivity index (χ1v) is 13.4. The Labute approximate surface area is 187 Å². The van der Waals surface area contributed by atoms with Crippen LogP contribution in [0.3, 0.4) is 0 Å². The number of ether oxygens (including phenoxy) is 1.